The molecule has 1 aliphatic carbocycles. The first-order valence-electron chi connectivity index (χ1n) is 5.42. The Bertz CT molecular complexity index is 561. The van der Waals surface area contributed by atoms with Gasteiger partial charge in [-0.05, 0) is 65.6 Å². The van der Waals surface area contributed by atoms with Crippen LogP contribution in [0, 0.1) is 8.48 Å². The molecule has 1 N–H and O–H groups in total. The number of nitroso groups, excluding NO2 is 1. The van der Waals surface area contributed by atoms with Gasteiger partial charge in [0, 0.05) is 20.2 Å². The normalized spacial score (nSPS) is 19.7. The molecule has 4 heteroatoms. The van der Waals surface area contributed by atoms with Crippen LogP contribution in [-0.2, 0) is 6.42 Å². The maximum Gasteiger partial charge on any atom is 0.132 e. The number of nitrogens with one attached hydrogen (secondary N) is 1. The van der Waals surface area contributed by atoms with Crippen LogP contribution in [0.5, 0.6) is 0 Å². The number of nitrogens with zero attached hydrogens (tertiary/aromatic N) is 1. The zero-order valence-corrected chi connectivity index (χ0v) is 10.8. The number of aryl methyl sites for hydroxylation is 1. The Hall–Kier alpha value is -0.910. The average molecular weight is 326 g/mol. The molecule has 0 radical (unpaired) electrons. The lowest BCUT2D eigenvalue weighted by atomic mass is 9.92. The van der Waals surface area contributed by atoms with Gasteiger partial charge in [0.25, 0.3) is 0 Å². The van der Waals surface area contributed by atoms with E-state index in [4.69, 9.17) is 0 Å². The highest BCUT2D eigenvalue weighted by Gasteiger charge is 2.24. The fraction of sp³-hybridized carbons (Fsp3) is 0.333. The second-order valence-corrected chi connectivity index (χ2v) is 5.47. The molecular weight excluding hydrogens is 315 g/mol. The van der Waals surface area contributed by atoms with Crippen molar-refractivity contribution in [2.75, 3.05) is 0 Å². The number of fused-ring (bicyclic) bond motifs is 3. The van der Waals surface area contributed by atoms with E-state index in [-0.39, 0.29) is 6.04 Å². The van der Waals surface area contributed by atoms with Crippen molar-refractivity contribution < 1.29 is 0 Å². The first kappa shape index (κ1) is 10.3. The molecule has 1 unspecified atom stereocenters. The minimum atomic E-state index is -0.172. The quantitative estimate of drug-likeness (QED) is 0.627. The Morgan fingerprint density at radius 2 is 2.31 bits per heavy atom. The van der Waals surface area contributed by atoms with E-state index in [2.05, 4.69) is 51.0 Å². The number of benzene rings is 1. The number of hydrogen-bond acceptors (Lipinski definition) is 2. The van der Waals surface area contributed by atoms with Gasteiger partial charge >= 0.3 is 0 Å². The van der Waals surface area contributed by atoms with E-state index in [0.717, 1.165) is 30.5 Å². The second-order valence-electron chi connectivity index (χ2n) is 4.22. The molecule has 0 amide bonds. The largest absolute Gasteiger partial charge is 0.356 e. The summed E-state index contributed by atoms with van der Waals surface area (Å²) >= 11 is 2.32. The van der Waals surface area contributed by atoms with Crippen molar-refractivity contribution in [2.24, 2.45) is 5.18 Å². The number of aromatic nitrogens is 1. The topological polar surface area (TPSA) is 45.2 Å². The summed E-state index contributed by atoms with van der Waals surface area (Å²) in [5, 5.41) is 4.48. The van der Waals surface area contributed by atoms with Gasteiger partial charge in [0.2, 0.25) is 0 Å². The highest BCUT2D eigenvalue weighted by molar-refractivity contribution is 14.1. The molecule has 3 nitrogen and oxygen atoms in total. The van der Waals surface area contributed by atoms with Gasteiger partial charge in [0.05, 0.1) is 0 Å². The van der Waals surface area contributed by atoms with E-state index in [0.29, 0.717) is 0 Å². The summed E-state index contributed by atoms with van der Waals surface area (Å²) < 4.78 is 1.23. The van der Waals surface area contributed by atoms with Crippen LogP contribution < -0.4 is 0 Å². The Morgan fingerprint density at radius 3 is 3.12 bits per heavy atom. The number of rotatable bonds is 1. The Kier molecular flexibility index (Phi) is 2.46. The molecule has 16 heavy (non-hydrogen) atoms. The van der Waals surface area contributed by atoms with Gasteiger partial charge in [-0.25, -0.2) is 0 Å². The van der Waals surface area contributed by atoms with E-state index < -0.39 is 0 Å². The van der Waals surface area contributed by atoms with E-state index >= 15 is 0 Å². The Balaban J connectivity index is 2.28. The highest BCUT2D eigenvalue weighted by Crippen LogP contribution is 2.36. The summed E-state index contributed by atoms with van der Waals surface area (Å²) in [4.78, 5) is 14.1. The van der Waals surface area contributed by atoms with Crippen LogP contribution in [0.2, 0.25) is 0 Å². The molecule has 0 aliphatic heterocycles. The lowest BCUT2D eigenvalue weighted by Gasteiger charge is -2.15. The summed E-state index contributed by atoms with van der Waals surface area (Å²) in [6, 6.07) is 6.16. The number of halogens is 1. The summed E-state index contributed by atoms with van der Waals surface area (Å²) in [5.74, 6) is 0. The molecule has 0 bridgehead atoms. The van der Waals surface area contributed by atoms with Crippen LogP contribution in [0.25, 0.3) is 10.9 Å². The number of hydrogen-bond donors (Lipinski definition) is 1. The fourth-order valence-electron chi connectivity index (χ4n) is 2.52. The molecular formula is C12H11IN2O. The van der Waals surface area contributed by atoms with E-state index in [9.17, 15) is 4.91 Å². The van der Waals surface area contributed by atoms with Gasteiger partial charge < -0.3 is 4.98 Å². The van der Waals surface area contributed by atoms with Crippen molar-refractivity contribution in [3.8, 4) is 0 Å². The van der Waals surface area contributed by atoms with Gasteiger partial charge in [0.1, 0.15) is 6.04 Å². The van der Waals surface area contributed by atoms with Crippen LogP contribution in [0.4, 0.5) is 0 Å². The van der Waals surface area contributed by atoms with Gasteiger partial charge in [-0.15, -0.1) is 0 Å². The van der Waals surface area contributed by atoms with Crippen LogP contribution >= 0.6 is 22.6 Å². The first-order chi connectivity index (χ1) is 7.79. The molecule has 3 rings (SSSR count). The van der Waals surface area contributed by atoms with Crippen molar-refractivity contribution in [1.82, 2.24) is 4.98 Å². The minimum absolute atomic E-state index is 0.172. The molecule has 0 saturated carbocycles. The maximum atomic E-state index is 10.8. The Labute approximate surface area is 107 Å². The van der Waals surface area contributed by atoms with Crippen LogP contribution in [0.1, 0.15) is 30.1 Å². The summed E-state index contributed by atoms with van der Waals surface area (Å²) in [6.07, 6.45) is 2.99. The van der Waals surface area contributed by atoms with Gasteiger partial charge in [-0.1, -0.05) is 5.18 Å². The van der Waals surface area contributed by atoms with Crippen molar-refractivity contribution in [3.05, 3.63) is 37.9 Å². The van der Waals surface area contributed by atoms with Crippen LogP contribution in [0.15, 0.2) is 23.4 Å². The number of H-pyrrole nitrogens is 1. The highest BCUT2D eigenvalue weighted by atomic mass is 127. The SMILES string of the molecule is O=NC1CCCc2c1[nH]c1ccc(I)cc21. The molecule has 1 heterocycles. The lowest BCUT2D eigenvalue weighted by Crippen LogP contribution is -2.06. The molecule has 1 aromatic carbocycles. The van der Waals surface area contributed by atoms with Crippen molar-refractivity contribution in [3.63, 3.8) is 0 Å². The van der Waals surface area contributed by atoms with Crippen molar-refractivity contribution in [2.45, 2.75) is 25.3 Å². The van der Waals surface area contributed by atoms with Crippen molar-refractivity contribution >= 4 is 33.5 Å². The lowest BCUT2D eigenvalue weighted by molar-refractivity contribution is 0.561. The number of aromatic amines is 1. The summed E-state index contributed by atoms with van der Waals surface area (Å²) in [6.45, 7) is 0. The van der Waals surface area contributed by atoms with E-state index in [1.165, 1.54) is 14.5 Å². The minimum Gasteiger partial charge on any atom is -0.356 e. The zero-order valence-electron chi connectivity index (χ0n) is 8.66. The second kappa shape index (κ2) is 3.84. The van der Waals surface area contributed by atoms with Crippen LogP contribution in [-0.4, -0.2) is 4.98 Å². The first-order valence-corrected chi connectivity index (χ1v) is 6.50. The molecule has 1 aromatic heterocycles. The van der Waals surface area contributed by atoms with E-state index in [1.807, 2.05) is 0 Å². The molecule has 0 fully saturated rings. The van der Waals surface area contributed by atoms with Gasteiger partial charge in [-0.3, -0.25) is 0 Å². The fourth-order valence-corrected chi connectivity index (χ4v) is 3.01. The summed E-state index contributed by atoms with van der Waals surface area (Å²) in [5.41, 5.74) is 3.46. The third-order valence-electron chi connectivity index (χ3n) is 3.27. The molecule has 0 saturated heterocycles. The smallest absolute Gasteiger partial charge is 0.132 e. The van der Waals surface area contributed by atoms with Gasteiger partial charge in [0.15, 0.2) is 0 Å². The average Bonchev–Trinajstić information content (AvgIpc) is 2.67. The van der Waals surface area contributed by atoms with Crippen molar-refractivity contribution in [1.29, 1.82) is 0 Å². The monoisotopic (exact) mass is 326 g/mol. The Morgan fingerprint density at radius 1 is 1.44 bits per heavy atom. The molecule has 1 aliphatic rings. The predicted octanol–water partition coefficient (Wildman–Crippen LogP) is 3.92. The zero-order chi connectivity index (χ0) is 11.1. The molecule has 82 valence electrons. The standard InChI is InChI=1S/C12H11IN2O/c13-7-4-5-10-9(6-7)8-2-1-3-11(15-16)12(8)14-10/h4-6,11,14H,1-3H2. The third kappa shape index (κ3) is 1.47. The predicted molar refractivity (Wildman–Crippen MR) is 72.5 cm³/mol. The maximum absolute atomic E-state index is 10.8. The molecule has 2 aromatic rings. The molecule has 0 spiro atoms. The molecule has 1 atom stereocenters. The van der Waals surface area contributed by atoms with E-state index in [1.54, 1.807) is 0 Å². The summed E-state index contributed by atoms with van der Waals surface area (Å²) in [7, 11) is 0. The third-order valence-corrected chi connectivity index (χ3v) is 3.94. The van der Waals surface area contributed by atoms with Crippen LogP contribution in [0.3, 0.4) is 0 Å². The van der Waals surface area contributed by atoms with Gasteiger partial charge in [-0.2, -0.15) is 4.91 Å².